The minimum atomic E-state index is -1.00. The van der Waals surface area contributed by atoms with Gasteiger partial charge in [0.2, 0.25) is 0 Å². The van der Waals surface area contributed by atoms with Crippen LogP contribution in [-0.2, 0) is 28.8 Å². The molecule has 0 bridgehead atoms. The zero-order chi connectivity index (χ0) is 22.8. The summed E-state index contributed by atoms with van der Waals surface area (Å²) >= 11 is 0. The average Bonchev–Trinajstić information content (AvgIpc) is 2.99. The highest BCUT2D eigenvalue weighted by Crippen LogP contribution is 2.12. The van der Waals surface area contributed by atoms with Gasteiger partial charge in [0.1, 0.15) is 0 Å². The molecule has 0 aromatic carbocycles. The van der Waals surface area contributed by atoms with Crippen molar-refractivity contribution in [1.29, 1.82) is 0 Å². The van der Waals surface area contributed by atoms with Crippen molar-refractivity contribution in [2.24, 2.45) is 0 Å². The van der Waals surface area contributed by atoms with E-state index in [2.05, 4.69) is 5.32 Å². The summed E-state index contributed by atoms with van der Waals surface area (Å²) in [6.07, 6.45) is 0.0333. The molecule has 0 spiro atoms. The zero-order valence-electron chi connectivity index (χ0n) is 17.3. The first-order valence-corrected chi connectivity index (χ1v) is 10.1. The van der Waals surface area contributed by atoms with Crippen molar-refractivity contribution in [3.05, 3.63) is 0 Å². The Morgan fingerprint density at radius 1 is 0.742 bits per heavy atom. The summed E-state index contributed by atoms with van der Waals surface area (Å²) in [6, 6.07) is 0. The maximum absolute atomic E-state index is 12.2. The molecule has 0 aromatic rings. The predicted octanol–water partition coefficient (Wildman–Crippen LogP) is -2.73. The summed E-state index contributed by atoms with van der Waals surface area (Å²) in [5, 5.41) is 21.9. The molecule has 0 atom stereocenters. The number of nitrogens with one attached hydrogen (secondary N) is 1. The van der Waals surface area contributed by atoms with E-state index in [1.165, 1.54) is 0 Å². The van der Waals surface area contributed by atoms with E-state index in [9.17, 15) is 24.0 Å². The third-order valence-electron chi connectivity index (χ3n) is 4.94. The highest BCUT2D eigenvalue weighted by atomic mass is 16.7. The summed E-state index contributed by atoms with van der Waals surface area (Å²) in [7, 11) is 0. The van der Waals surface area contributed by atoms with Gasteiger partial charge in [-0.2, -0.15) is 0 Å². The van der Waals surface area contributed by atoms with Crippen molar-refractivity contribution in [1.82, 2.24) is 25.1 Å². The van der Waals surface area contributed by atoms with Gasteiger partial charge in [-0.1, -0.05) is 0 Å². The molecule has 3 N–H and O–H groups in total. The third kappa shape index (κ3) is 8.96. The fraction of sp³-hybridized carbons (Fsp3) is 0.722. The van der Waals surface area contributed by atoms with Crippen LogP contribution in [0.2, 0.25) is 0 Å². The zero-order valence-corrected chi connectivity index (χ0v) is 17.3. The molecule has 2 amide bonds. The number of carbonyl (C=O) groups excluding carboxylic acids is 3. The number of hydrogen-bond acceptors (Lipinski definition) is 10. The van der Waals surface area contributed by atoms with Crippen molar-refractivity contribution in [3.63, 3.8) is 0 Å². The van der Waals surface area contributed by atoms with Gasteiger partial charge < -0.3 is 20.4 Å². The highest BCUT2D eigenvalue weighted by molar-refractivity contribution is 6.01. The lowest BCUT2D eigenvalue weighted by Crippen LogP contribution is -2.48. The number of carbonyl (C=O) groups is 5. The molecule has 2 aliphatic rings. The Morgan fingerprint density at radius 2 is 1.16 bits per heavy atom. The van der Waals surface area contributed by atoms with Crippen molar-refractivity contribution >= 4 is 29.7 Å². The molecule has 0 unspecified atom stereocenters. The van der Waals surface area contributed by atoms with Crippen LogP contribution in [0.1, 0.15) is 12.8 Å². The van der Waals surface area contributed by atoms with Gasteiger partial charge in [-0.05, 0) is 0 Å². The standard InChI is InChI=1S/C18H29N5O8/c24-14-1-2-15(25)23(14)31-18(30)13-21-6-4-19-3-5-20(11-16(26)27)7-9-22(10-8-21)12-17(28)29/h19H,1-13H2,(H,26,27)(H,28,29). The number of hydrogen-bond donors (Lipinski definition) is 3. The molecule has 0 aromatic heterocycles. The normalized spacial score (nSPS) is 20.8. The SMILES string of the molecule is O=C(O)CN1CCNCCN(CC(=O)ON2C(=O)CCC2=O)CCN(CC(=O)O)CC1. The Labute approximate surface area is 179 Å². The number of carboxylic acid groups (broad SMARTS) is 2. The molecule has 174 valence electrons. The lowest BCUT2D eigenvalue weighted by Gasteiger charge is -2.30. The first-order valence-electron chi connectivity index (χ1n) is 10.1. The van der Waals surface area contributed by atoms with Crippen LogP contribution in [0.25, 0.3) is 0 Å². The molecule has 0 saturated carbocycles. The van der Waals surface area contributed by atoms with Crippen LogP contribution in [0, 0.1) is 0 Å². The largest absolute Gasteiger partial charge is 0.480 e. The fourth-order valence-corrected chi connectivity index (χ4v) is 3.33. The number of rotatable bonds is 7. The van der Waals surface area contributed by atoms with Gasteiger partial charge in [-0.15, -0.1) is 5.06 Å². The van der Waals surface area contributed by atoms with Crippen molar-refractivity contribution in [3.8, 4) is 0 Å². The van der Waals surface area contributed by atoms with E-state index in [1.54, 1.807) is 14.7 Å². The summed E-state index contributed by atoms with van der Waals surface area (Å²) < 4.78 is 0. The second-order valence-corrected chi connectivity index (χ2v) is 7.41. The van der Waals surface area contributed by atoms with Crippen LogP contribution >= 0.6 is 0 Å². The predicted molar refractivity (Wildman–Crippen MR) is 105 cm³/mol. The number of amides is 2. The highest BCUT2D eigenvalue weighted by Gasteiger charge is 2.33. The number of aliphatic carboxylic acids is 2. The molecule has 2 saturated heterocycles. The smallest absolute Gasteiger partial charge is 0.347 e. The molecule has 0 radical (unpaired) electrons. The number of nitrogens with zero attached hydrogens (tertiary/aromatic N) is 4. The van der Waals surface area contributed by atoms with Crippen LogP contribution in [0.4, 0.5) is 0 Å². The van der Waals surface area contributed by atoms with Crippen LogP contribution in [0.3, 0.4) is 0 Å². The van der Waals surface area contributed by atoms with E-state index in [1.807, 2.05) is 0 Å². The van der Waals surface area contributed by atoms with Crippen molar-refractivity contribution in [2.45, 2.75) is 12.8 Å². The summed E-state index contributed by atoms with van der Waals surface area (Å²) in [5.41, 5.74) is 0. The topological polar surface area (TPSA) is 160 Å². The molecular weight excluding hydrogens is 414 g/mol. The first-order chi connectivity index (χ1) is 14.7. The number of hydroxylamine groups is 2. The van der Waals surface area contributed by atoms with Gasteiger partial charge in [0.15, 0.2) is 0 Å². The molecule has 2 heterocycles. The van der Waals surface area contributed by atoms with E-state index in [0.29, 0.717) is 57.4 Å². The first kappa shape index (κ1) is 24.7. The lowest BCUT2D eigenvalue weighted by atomic mass is 10.3. The number of imide groups is 1. The Morgan fingerprint density at radius 3 is 1.61 bits per heavy atom. The van der Waals surface area contributed by atoms with Gasteiger partial charge in [-0.3, -0.25) is 33.9 Å². The van der Waals surface area contributed by atoms with E-state index < -0.39 is 29.7 Å². The molecule has 31 heavy (non-hydrogen) atoms. The van der Waals surface area contributed by atoms with E-state index >= 15 is 0 Å². The Bertz CT molecular complexity index is 672. The van der Waals surface area contributed by atoms with E-state index in [-0.39, 0.29) is 32.5 Å². The second kappa shape index (κ2) is 12.3. The van der Waals surface area contributed by atoms with Crippen molar-refractivity contribution < 1.29 is 39.0 Å². The Hall–Kier alpha value is -2.61. The van der Waals surface area contributed by atoms with E-state index in [0.717, 1.165) is 0 Å². The molecule has 2 rings (SSSR count). The summed E-state index contributed by atoms with van der Waals surface area (Å²) in [5.74, 6) is -3.79. The molecule has 2 fully saturated rings. The van der Waals surface area contributed by atoms with Crippen LogP contribution in [0.15, 0.2) is 0 Å². The summed E-state index contributed by atoms with van der Waals surface area (Å²) in [6.45, 7) is 2.89. The maximum atomic E-state index is 12.2. The Balaban J connectivity index is 1.95. The fourth-order valence-electron chi connectivity index (χ4n) is 3.33. The van der Waals surface area contributed by atoms with Crippen LogP contribution in [0.5, 0.6) is 0 Å². The van der Waals surface area contributed by atoms with Gasteiger partial charge in [0.25, 0.3) is 11.8 Å². The second-order valence-electron chi connectivity index (χ2n) is 7.41. The van der Waals surface area contributed by atoms with Gasteiger partial charge >= 0.3 is 17.9 Å². The monoisotopic (exact) mass is 443 g/mol. The Kier molecular flexibility index (Phi) is 9.78. The van der Waals surface area contributed by atoms with Gasteiger partial charge in [-0.25, -0.2) is 4.79 Å². The molecule has 13 heteroatoms. The molecular formula is C18H29N5O8. The average molecular weight is 443 g/mol. The van der Waals surface area contributed by atoms with E-state index in [4.69, 9.17) is 15.1 Å². The van der Waals surface area contributed by atoms with Crippen LogP contribution in [-0.4, -0.2) is 132 Å². The van der Waals surface area contributed by atoms with Crippen molar-refractivity contribution in [2.75, 3.05) is 72.0 Å². The molecule has 2 aliphatic heterocycles. The minimum Gasteiger partial charge on any atom is -0.480 e. The minimum absolute atomic E-state index is 0.0167. The van der Waals surface area contributed by atoms with Crippen LogP contribution < -0.4 is 5.32 Å². The third-order valence-corrected chi connectivity index (χ3v) is 4.94. The maximum Gasteiger partial charge on any atom is 0.347 e. The number of carboxylic acids is 2. The molecule has 13 nitrogen and oxygen atoms in total. The van der Waals surface area contributed by atoms with Gasteiger partial charge in [0.05, 0.1) is 19.6 Å². The summed E-state index contributed by atoms with van der Waals surface area (Å²) in [4.78, 5) is 67.8. The lowest BCUT2D eigenvalue weighted by molar-refractivity contribution is -0.198. The quantitative estimate of drug-likeness (QED) is 0.349. The van der Waals surface area contributed by atoms with Gasteiger partial charge in [0, 0.05) is 65.2 Å². The molecule has 0 aliphatic carbocycles.